The zero-order valence-electron chi connectivity index (χ0n) is 8.32. The number of hydrogen-bond acceptors (Lipinski definition) is 3. The van der Waals surface area contributed by atoms with Gasteiger partial charge < -0.3 is 10.5 Å². The lowest BCUT2D eigenvalue weighted by Gasteiger charge is -2.15. The summed E-state index contributed by atoms with van der Waals surface area (Å²) in [5.41, 5.74) is 6.73. The van der Waals surface area contributed by atoms with Crippen LogP contribution in [0.4, 0.5) is 0 Å². The van der Waals surface area contributed by atoms with Crippen molar-refractivity contribution in [2.75, 3.05) is 0 Å². The molecule has 3 nitrogen and oxygen atoms in total. The number of rotatable bonds is 3. The van der Waals surface area contributed by atoms with Crippen molar-refractivity contribution in [3.8, 4) is 5.75 Å². The maximum Gasteiger partial charge on any atom is 0.127 e. The third-order valence-corrected chi connectivity index (χ3v) is 1.66. The van der Waals surface area contributed by atoms with Crippen molar-refractivity contribution in [3.63, 3.8) is 0 Å². The number of hydrogen-bond donors (Lipinski definition) is 1. The fraction of sp³-hybridized carbons (Fsp3) is 0.500. The van der Waals surface area contributed by atoms with Crippen molar-refractivity contribution in [2.24, 2.45) is 5.73 Å². The van der Waals surface area contributed by atoms with Crippen LogP contribution < -0.4 is 10.5 Å². The Kier molecular flexibility index (Phi) is 3.25. The maximum absolute atomic E-state index is 5.77. The van der Waals surface area contributed by atoms with Crippen LogP contribution >= 0.6 is 0 Å². The fourth-order valence-electron chi connectivity index (χ4n) is 1.10. The van der Waals surface area contributed by atoms with Gasteiger partial charge in [-0.25, -0.2) is 0 Å². The summed E-state index contributed by atoms with van der Waals surface area (Å²) in [7, 11) is 0. The summed E-state index contributed by atoms with van der Waals surface area (Å²) in [5.74, 6) is 0.833. The molecule has 72 valence electrons. The molecule has 3 heteroatoms. The first kappa shape index (κ1) is 9.99. The number of pyridine rings is 1. The standard InChI is InChI=1S/C10H16N2O/c1-7(2)13-10-4-5-12-6-9(10)8(3)11/h4-8H,11H2,1-3H3. The molecule has 1 rings (SSSR count). The minimum Gasteiger partial charge on any atom is -0.491 e. The summed E-state index contributed by atoms with van der Waals surface area (Å²) < 4.78 is 5.59. The topological polar surface area (TPSA) is 48.1 Å². The Balaban J connectivity index is 2.91. The molecule has 0 radical (unpaired) electrons. The average Bonchev–Trinajstić information content (AvgIpc) is 2.03. The SMILES string of the molecule is CC(C)Oc1ccncc1C(C)N. The molecule has 0 spiro atoms. The molecule has 0 aromatic carbocycles. The van der Waals surface area contributed by atoms with Crippen LogP contribution in [0.1, 0.15) is 32.4 Å². The van der Waals surface area contributed by atoms with Crippen molar-refractivity contribution in [1.82, 2.24) is 4.98 Å². The summed E-state index contributed by atoms with van der Waals surface area (Å²) in [5, 5.41) is 0. The second-order valence-electron chi connectivity index (χ2n) is 3.37. The van der Waals surface area contributed by atoms with E-state index >= 15 is 0 Å². The molecule has 1 aromatic heterocycles. The van der Waals surface area contributed by atoms with E-state index < -0.39 is 0 Å². The van der Waals surface area contributed by atoms with Gasteiger partial charge in [0.25, 0.3) is 0 Å². The van der Waals surface area contributed by atoms with Gasteiger partial charge in [0.1, 0.15) is 5.75 Å². The van der Waals surface area contributed by atoms with E-state index in [1.54, 1.807) is 12.4 Å². The van der Waals surface area contributed by atoms with Gasteiger partial charge in [-0.1, -0.05) is 0 Å². The van der Waals surface area contributed by atoms with E-state index in [1.807, 2.05) is 26.8 Å². The van der Waals surface area contributed by atoms with Crippen LogP contribution in [0.25, 0.3) is 0 Å². The van der Waals surface area contributed by atoms with Gasteiger partial charge in [0.15, 0.2) is 0 Å². The Hall–Kier alpha value is -1.09. The van der Waals surface area contributed by atoms with Crippen LogP contribution in [0.3, 0.4) is 0 Å². The van der Waals surface area contributed by atoms with Crippen LogP contribution in [0.2, 0.25) is 0 Å². The Bertz CT molecular complexity index is 271. The second kappa shape index (κ2) is 4.23. The molecule has 0 aliphatic carbocycles. The van der Waals surface area contributed by atoms with Gasteiger partial charge >= 0.3 is 0 Å². The van der Waals surface area contributed by atoms with E-state index in [4.69, 9.17) is 10.5 Å². The third kappa shape index (κ3) is 2.70. The van der Waals surface area contributed by atoms with Gasteiger partial charge in [-0.05, 0) is 26.8 Å². The lowest BCUT2D eigenvalue weighted by atomic mass is 10.1. The smallest absolute Gasteiger partial charge is 0.127 e. The summed E-state index contributed by atoms with van der Waals surface area (Å²) in [4.78, 5) is 4.01. The molecule has 2 N–H and O–H groups in total. The van der Waals surface area contributed by atoms with E-state index in [2.05, 4.69) is 4.98 Å². The molecule has 1 unspecified atom stereocenters. The Morgan fingerprint density at radius 3 is 2.62 bits per heavy atom. The first-order chi connectivity index (χ1) is 6.11. The summed E-state index contributed by atoms with van der Waals surface area (Å²) >= 11 is 0. The quantitative estimate of drug-likeness (QED) is 0.772. The molecule has 13 heavy (non-hydrogen) atoms. The zero-order chi connectivity index (χ0) is 9.84. The van der Waals surface area contributed by atoms with Crippen molar-refractivity contribution in [3.05, 3.63) is 24.0 Å². The monoisotopic (exact) mass is 180 g/mol. The van der Waals surface area contributed by atoms with Crippen molar-refractivity contribution >= 4 is 0 Å². The van der Waals surface area contributed by atoms with Crippen LogP contribution in [0.5, 0.6) is 5.75 Å². The number of ether oxygens (including phenoxy) is 1. The summed E-state index contributed by atoms with van der Waals surface area (Å²) in [6, 6.07) is 1.81. The molecular formula is C10H16N2O. The lowest BCUT2D eigenvalue weighted by Crippen LogP contribution is -2.12. The van der Waals surface area contributed by atoms with Gasteiger partial charge in [0, 0.05) is 24.0 Å². The lowest BCUT2D eigenvalue weighted by molar-refractivity contribution is 0.238. The van der Waals surface area contributed by atoms with Gasteiger partial charge in [0.05, 0.1) is 6.10 Å². The zero-order valence-corrected chi connectivity index (χ0v) is 8.32. The average molecular weight is 180 g/mol. The van der Waals surface area contributed by atoms with Gasteiger partial charge in [-0.2, -0.15) is 0 Å². The summed E-state index contributed by atoms with van der Waals surface area (Å²) in [6.45, 7) is 5.90. The second-order valence-corrected chi connectivity index (χ2v) is 3.37. The highest BCUT2D eigenvalue weighted by Crippen LogP contribution is 2.22. The van der Waals surface area contributed by atoms with Crippen molar-refractivity contribution < 1.29 is 4.74 Å². The molecule has 0 saturated carbocycles. The van der Waals surface area contributed by atoms with Gasteiger partial charge in [-0.15, -0.1) is 0 Å². The van der Waals surface area contributed by atoms with Gasteiger partial charge in [0.2, 0.25) is 0 Å². The molecule has 0 fully saturated rings. The predicted molar refractivity (Wildman–Crippen MR) is 52.6 cm³/mol. The molecule has 0 aliphatic rings. The number of nitrogens with zero attached hydrogens (tertiary/aromatic N) is 1. The van der Waals surface area contributed by atoms with Crippen molar-refractivity contribution in [1.29, 1.82) is 0 Å². The first-order valence-corrected chi connectivity index (χ1v) is 4.47. The minimum atomic E-state index is -0.0394. The predicted octanol–water partition coefficient (Wildman–Crippen LogP) is 1.89. The maximum atomic E-state index is 5.77. The highest BCUT2D eigenvalue weighted by Gasteiger charge is 2.08. The van der Waals surface area contributed by atoms with Crippen LogP contribution in [0, 0.1) is 0 Å². The molecule has 0 saturated heterocycles. The van der Waals surface area contributed by atoms with E-state index in [0.29, 0.717) is 0 Å². The van der Waals surface area contributed by atoms with Crippen molar-refractivity contribution in [2.45, 2.75) is 32.9 Å². The Morgan fingerprint density at radius 1 is 1.38 bits per heavy atom. The Labute approximate surface area is 78.9 Å². The number of aromatic nitrogens is 1. The minimum absolute atomic E-state index is 0.0394. The molecule has 1 aromatic rings. The molecule has 0 amide bonds. The van der Waals surface area contributed by atoms with Gasteiger partial charge in [-0.3, -0.25) is 4.98 Å². The van der Waals surface area contributed by atoms with Crippen LogP contribution in [0.15, 0.2) is 18.5 Å². The van der Waals surface area contributed by atoms with Crippen LogP contribution in [-0.4, -0.2) is 11.1 Å². The first-order valence-electron chi connectivity index (χ1n) is 4.47. The van der Waals surface area contributed by atoms with E-state index in [9.17, 15) is 0 Å². The fourth-order valence-corrected chi connectivity index (χ4v) is 1.10. The van der Waals surface area contributed by atoms with E-state index in [1.165, 1.54) is 0 Å². The molecule has 1 heterocycles. The number of nitrogens with two attached hydrogens (primary N) is 1. The Morgan fingerprint density at radius 2 is 2.08 bits per heavy atom. The molecule has 0 aliphatic heterocycles. The highest BCUT2D eigenvalue weighted by atomic mass is 16.5. The highest BCUT2D eigenvalue weighted by molar-refractivity contribution is 5.32. The van der Waals surface area contributed by atoms with E-state index in [0.717, 1.165) is 11.3 Å². The molecule has 1 atom stereocenters. The van der Waals surface area contributed by atoms with Crippen LogP contribution in [-0.2, 0) is 0 Å². The molecular weight excluding hydrogens is 164 g/mol. The summed E-state index contributed by atoms with van der Waals surface area (Å²) in [6.07, 6.45) is 3.63. The van der Waals surface area contributed by atoms with E-state index in [-0.39, 0.29) is 12.1 Å². The molecule has 0 bridgehead atoms. The largest absolute Gasteiger partial charge is 0.491 e. The third-order valence-electron chi connectivity index (χ3n) is 1.66. The normalized spacial score (nSPS) is 13.0.